The Bertz CT molecular complexity index is 1190. The zero-order valence-corrected chi connectivity index (χ0v) is 18.3. The fraction of sp³-hybridized carbons (Fsp3) is 0.304. The number of carbonyl (C=O) groups is 1. The van der Waals surface area contributed by atoms with Gasteiger partial charge in [0.25, 0.3) is 5.56 Å². The average molecular weight is 460 g/mol. The molecule has 0 saturated heterocycles. The predicted molar refractivity (Wildman–Crippen MR) is 116 cm³/mol. The third-order valence-electron chi connectivity index (χ3n) is 4.68. The van der Waals surface area contributed by atoms with Gasteiger partial charge in [0, 0.05) is 30.3 Å². The van der Waals surface area contributed by atoms with Gasteiger partial charge in [0.05, 0.1) is 23.4 Å². The largest absolute Gasteiger partial charge is 0.477 e. The molecule has 0 spiro atoms. The molecule has 0 aliphatic carbocycles. The Labute approximate surface area is 188 Å². The Morgan fingerprint density at radius 2 is 1.88 bits per heavy atom. The molecule has 0 bridgehead atoms. The van der Waals surface area contributed by atoms with E-state index in [0.29, 0.717) is 23.3 Å². The number of hydrogen-bond donors (Lipinski definition) is 2. The van der Waals surface area contributed by atoms with Crippen molar-refractivity contribution in [2.75, 3.05) is 6.61 Å². The third-order valence-corrected chi connectivity index (χ3v) is 4.68. The number of ether oxygens (including phenoxy) is 1. The lowest BCUT2D eigenvalue weighted by atomic mass is 10.1. The van der Waals surface area contributed by atoms with Gasteiger partial charge >= 0.3 is 6.18 Å². The van der Waals surface area contributed by atoms with Crippen molar-refractivity contribution in [3.63, 3.8) is 0 Å². The van der Waals surface area contributed by atoms with Crippen molar-refractivity contribution in [3.05, 3.63) is 64.1 Å². The monoisotopic (exact) mass is 460 g/mol. The summed E-state index contributed by atoms with van der Waals surface area (Å²) in [7, 11) is 0. The van der Waals surface area contributed by atoms with E-state index in [-0.39, 0.29) is 35.8 Å². The van der Waals surface area contributed by atoms with Crippen molar-refractivity contribution in [2.24, 2.45) is 5.92 Å². The van der Waals surface area contributed by atoms with E-state index in [1.807, 2.05) is 0 Å². The number of amides is 1. The Kier molecular flexibility index (Phi) is 7.15. The number of pyridine rings is 1. The van der Waals surface area contributed by atoms with Gasteiger partial charge < -0.3 is 15.0 Å². The summed E-state index contributed by atoms with van der Waals surface area (Å²) in [4.78, 5) is 35.6. The molecule has 2 heterocycles. The zero-order valence-electron chi connectivity index (χ0n) is 18.3. The molecule has 0 atom stereocenters. The topological polar surface area (TPSA) is 97.0 Å². The lowest BCUT2D eigenvalue weighted by Crippen LogP contribution is -2.27. The van der Waals surface area contributed by atoms with E-state index >= 15 is 0 Å². The first kappa shape index (κ1) is 24.0. The van der Waals surface area contributed by atoms with Crippen LogP contribution in [-0.4, -0.2) is 27.5 Å². The molecule has 3 rings (SSSR count). The number of alkyl halides is 3. The second kappa shape index (κ2) is 9.85. The molecule has 0 radical (unpaired) electrons. The minimum Gasteiger partial charge on any atom is -0.477 e. The minimum atomic E-state index is -4.46. The summed E-state index contributed by atoms with van der Waals surface area (Å²) in [6.07, 6.45) is -2.91. The summed E-state index contributed by atoms with van der Waals surface area (Å²) in [6, 6.07) is 7.27. The highest BCUT2D eigenvalue weighted by Crippen LogP contribution is 2.31. The number of carbonyl (C=O) groups excluding carboxylic acids is 1. The number of hydrogen-bond acceptors (Lipinski definition) is 5. The molecule has 1 aromatic carbocycles. The highest BCUT2D eigenvalue weighted by Gasteiger charge is 2.30. The lowest BCUT2D eigenvalue weighted by Gasteiger charge is -2.13. The number of halogens is 3. The van der Waals surface area contributed by atoms with Gasteiger partial charge in [-0.2, -0.15) is 13.2 Å². The van der Waals surface area contributed by atoms with Crippen molar-refractivity contribution < 1.29 is 22.7 Å². The summed E-state index contributed by atoms with van der Waals surface area (Å²) in [6.45, 7) is 5.85. The molecule has 1 amide bonds. The molecule has 0 fully saturated rings. The smallest absolute Gasteiger partial charge is 0.416 e. The second-order valence-corrected chi connectivity index (χ2v) is 7.56. The van der Waals surface area contributed by atoms with Crippen LogP contribution in [0.5, 0.6) is 5.88 Å². The van der Waals surface area contributed by atoms with Crippen LogP contribution in [0.4, 0.5) is 13.2 Å². The quantitative estimate of drug-likeness (QED) is 0.551. The van der Waals surface area contributed by atoms with Crippen LogP contribution >= 0.6 is 0 Å². The number of nitrogens with zero attached hydrogens (tertiary/aromatic N) is 2. The molecule has 10 heteroatoms. The molecule has 0 aliphatic heterocycles. The maximum atomic E-state index is 12.9. The summed E-state index contributed by atoms with van der Waals surface area (Å²) < 4.78 is 44.2. The molecule has 0 unspecified atom stereocenters. The fourth-order valence-electron chi connectivity index (χ4n) is 2.97. The van der Waals surface area contributed by atoms with E-state index in [4.69, 9.17) is 4.74 Å². The average Bonchev–Trinajstić information content (AvgIpc) is 2.77. The molecule has 174 valence electrons. The van der Waals surface area contributed by atoms with Crippen LogP contribution in [0.2, 0.25) is 0 Å². The van der Waals surface area contributed by atoms with E-state index in [0.717, 1.165) is 12.1 Å². The Hall–Kier alpha value is -3.69. The molecule has 3 aromatic rings. The standard InChI is InChI=1S/C23H23F3N4O3/c1-4-33-22-17(9-14(12-28-22)11-27-21(32)13(2)3)20-29-18(10-19(31)30-20)15-5-7-16(8-6-15)23(24,25)26/h5-10,12-13H,4,11H2,1-3H3,(H,27,32)(H,29,30,31). The maximum Gasteiger partial charge on any atom is 0.416 e. The van der Waals surface area contributed by atoms with Crippen molar-refractivity contribution in [3.8, 4) is 28.5 Å². The van der Waals surface area contributed by atoms with E-state index < -0.39 is 17.3 Å². The van der Waals surface area contributed by atoms with Crippen molar-refractivity contribution >= 4 is 5.91 Å². The van der Waals surface area contributed by atoms with Gasteiger partial charge in [-0.1, -0.05) is 26.0 Å². The highest BCUT2D eigenvalue weighted by atomic mass is 19.4. The predicted octanol–water partition coefficient (Wildman–Crippen LogP) is 4.19. The Balaban J connectivity index is 2.01. The maximum absolute atomic E-state index is 12.9. The van der Waals surface area contributed by atoms with Crippen LogP contribution in [0.25, 0.3) is 22.6 Å². The number of nitrogens with one attached hydrogen (secondary N) is 2. The van der Waals surface area contributed by atoms with Crippen LogP contribution < -0.4 is 15.6 Å². The van der Waals surface area contributed by atoms with Crippen LogP contribution in [-0.2, 0) is 17.5 Å². The van der Waals surface area contributed by atoms with Gasteiger partial charge in [-0.25, -0.2) is 9.97 Å². The van der Waals surface area contributed by atoms with E-state index in [2.05, 4.69) is 20.3 Å². The normalized spacial score (nSPS) is 11.5. The van der Waals surface area contributed by atoms with Gasteiger partial charge in [0.1, 0.15) is 5.82 Å². The van der Waals surface area contributed by atoms with Crippen LogP contribution in [0.15, 0.2) is 47.4 Å². The third kappa shape index (κ3) is 5.97. The highest BCUT2D eigenvalue weighted by molar-refractivity contribution is 5.77. The van der Waals surface area contributed by atoms with Crippen molar-refractivity contribution in [1.29, 1.82) is 0 Å². The van der Waals surface area contributed by atoms with Crippen LogP contribution in [0.3, 0.4) is 0 Å². The number of aromatic nitrogens is 3. The van der Waals surface area contributed by atoms with Gasteiger partial charge in [-0.15, -0.1) is 0 Å². The number of H-pyrrole nitrogens is 1. The molecule has 33 heavy (non-hydrogen) atoms. The summed E-state index contributed by atoms with van der Waals surface area (Å²) in [5, 5.41) is 2.79. The molecule has 7 nitrogen and oxygen atoms in total. The summed E-state index contributed by atoms with van der Waals surface area (Å²) in [5.74, 6) is 0.0642. The van der Waals surface area contributed by atoms with Crippen molar-refractivity contribution in [1.82, 2.24) is 20.3 Å². The number of aromatic amines is 1. The molecular formula is C23H23F3N4O3. The van der Waals surface area contributed by atoms with Gasteiger partial charge in [-0.3, -0.25) is 9.59 Å². The first-order chi connectivity index (χ1) is 15.6. The molecule has 2 aromatic heterocycles. The van der Waals surface area contributed by atoms with Gasteiger partial charge in [0.15, 0.2) is 0 Å². The summed E-state index contributed by atoms with van der Waals surface area (Å²) in [5.41, 5.74) is 0.306. The Morgan fingerprint density at radius 1 is 1.18 bits per heavy atom. The Morgan fingerprint density at radius 3 is 2.48 bits per heavy atom. The molecule has 0 aliphatic rings. The molecule has 0 saturated carbocycles. The van der Waals surface area contributed by atoms with Gasteiger partial charge in [-0.05, 0) is 30.7 Å². The van der Waals surface area contributed by atoms with Crippen LogP contribution in [0, 0.1) is 5.92 Å². The molecular weight excluding hydrogens is 437 g/mol. The van der Waals surface area contributed by atoms with E-state index in [1.54, 1.807) is 33.0 Å². The molecule has 2 N–H and O–H groups in total. The van der Waals surface area contributed by atoms with Crippen LogP contribution in [0.1, 0.15) is 31.9 Å². The van der Waals surface area contributed by atoms with E-state index in [9.17, 15) is 22.8 Å². The first-order valence-electron chi connectivity index (χ1n) is 10.3. The number of rotatable bonds is 7. The minimum absolute atomic E-state index is 0.124. The lowest BCUT2D eigenvalue weighted by molar-refractivity contribution is -0.137. The second-order valence-electron chi connectivity index (χ2n) is 7.56. The first-order valence-corrected chi connectivity index (χ1v) is 10.3. The SMILES string of the molecule is CCOc1ncc(CNC(=O)C(C)C)cc1-c1nc(-c2ccc(C(F)(F)F)cc2)cc(=O)[nH]1. The van der Waals surface area contributed by atoms with Crippen molar-refractivity contribution in [2.45, 2.75) is 33.5 Å². The zero-order chi connectivity index (χ0) is 24.2. The fourth-order valence-corrected chi connectivity index (χ4v) is 2.97. The summed E-state index contributed by atoms with van der Waals surface area (Å²) >= 11 is 0. The van der Waals surface area contributed by atoms with E-state index in [1.165, 1.54) is 18.2 Å². The number of benzene rings is 1. The van der Waals surface area contributed by atoms with Gasteiger partial charge in [0.2, 0.25) is 11.8 Å².